The average Bonchev–Trinajstić information content (AvgIpc) is 3.53. The number of thiazole rings is 1. The molecular weight excluding hydrogens is 430 g/mol. The van der Waals surface area contributed by atoms with Crippen molar-refractivity contribution in [2.45, 2.75) is 13.0 Å². The highest BCUT2D eigenvalue weighted by Crippen LogP contribution is 2.23. The largest absolute Gasteiger partial charge is 0.345 e. The van der Waals surface area contributed by atoms with Gasteiger partial charge in [-0.3, -0.25) is 14.3 Å². The summed E-state index contributed by atoms with van der Waals surface area (Å²) in [6.07, 6.45) is 5.98. The second-order valence-electron chi connectivity index (χ2n) is 7.07. The summed E-state index contributed by atoms with van der Waals surface area (Å²) in [6, 6.07) is 5.00. The minimum Gasteiger partial charge on any atom is -0.345 e. The van der Waals surface area contributed by atoms with E-state index < -0.39 is 6.04 Å². The van der Waals surface area contributed by atoms with Crippen LogP contribution in [0.4, 0.5) is 5.69 Å². The summed E-state index contributed by atoms with van der Waals surface area (Å²) in [5.41, 5.74) is 3.10. The number of aromatic nitrogens is 7. The predicted octanol–water partition coefficient (Wildman–Crippen LogP) is 2.44. The summed E-state index contributed by atoms with van der Waals surface area (Å²) in [5, 5.41) is 11.0. The molecule has 1 atom stereocenters. The molecule has 4 heterocycles. The smallest absolute Gasteiger partial charge is 0.271 e. The number of aromatic amines is 1. The number of carbonyl (C=O) groups is 2. The van der Waals surface area contributed by atoms with Gasteiger partial charge in [0.05, 0.1) is 41.2 Å². The maximum atomic E-state index is 12.8. The Balaban J connectivity index is 1.29. The van der Waals surface area contributed by atoms with Gasteiger partial charge in [-0.1, -0.05) is 0 Å². The monoisotopic (exact) mass is 447 g/mol. The first-order valence-electron chi connectivity index (χ1n) is 9.63. The number of amides is 2. The Labute approximate surface area is 184 Å². The second kappa shape index (κ2) is 7.81. The zero-order valence-corrected chi connectivity index (χ0v) is 17.8. The summed E-state index contributed by atoms with van der Waals surface area (Å²) in [7, 11) is 1.74. The van der Waals surface area contributed by atoms with E-state index in [9.17, 15) is 9.59 Å². The molecule has 0 saturated carbocycles. The van der Waals surface area contributed by atoms with E-state index in [0.29, 0.717) is 26.6 Å². The van der Waals surface area contributed by atoms with Gasteiger partial charge in [0.1, 0.15) is 21.9 Å². The van der Waals surface area contributed by atoms with Crippen molar-refractivity contribution in [3.63, 3.8) is 0 Å². The van der Waals surface area contributed by atoms with E-state index in [1.165, 1.54) is 23.9 Å². The highest BCUT2D eigenvalue weighted by molar-refractivity contribution is 7.13. The Bertz CT molecular complexity index is 1470. The molecule has 0 radical (unpaired) electrons. The lowest BCUT2D eigenvalue weighted by Gasteiger charge is -2.11. The third-order valence-electron chi connectivity index (χ3n) is 4.89. The third-order valence-corrected chi connectivity index (χ3v) is 6.07. The molecular formula is C20H17N9O2S. The molecule has 3 N–H and O–H groups in total. The van der Waals surface area contributed by atoms with E-state index in [1.807, 2.05) is 12.1 Å². The number of hydrogen-bond donors (Lipinski definition) is 3. The molecule has 2 amide bonds. The lowest BCUT2D eigenvalue weighted by Crippen LogP contribution is -2.27. The zero-order chi connectivity index (χ0) is 22.2. The van der Waals surface area contributed by atoms with Crippen LogP contribution in [-0.4, -0.2) is 46.5 Å². The van der Waals surface area contributed by atoms with Crippen LogP contribution in [0.25, 0.3) is 22.1 Å². The number of aryl methyl sites for hydroxylation is 1. The molecule has 5 aromatic rings. The number of nitrogens with zero attached hydrogens (tertiary/aromatic N) is 6. The van der Waals surface area contributed by atoms with Crippen molar-refractivity contribution in [1.82, 2.24) is 40.0 Å². The zero-order valence-electron chi connectivity index (χ0n) is 17.0. The van der Waals surface area contributed by atoms with Crippen molar-refractivity contribution in [3.05, 3.63) is 58.8 Å². The number of rotatable bonds is 5. The van der Waals surface area contributed by atoms with E-state index in [2.05, 4.69) is 40.7 Å². The lowest BCUT2D eigenvalue weighted by atomic mass is 10.2. The van der Waals surface area contributed by atoms with Crippen LogP contribution in [0.1, 0.15) is 38.1 Å². The summed E-state index contributed by atoms with van der Waals surface area (Å²) in [4.78, 5) is 45.6. The number of carbonyl (C=O) groups excluding carboxylic acids is 2. The fraction of sp³-hybridized carbons (Fsp3) is 0.150. The Hall–Kier alpha value is -4.19. The second-order valence-corrected chi connectivity index (χ2v) is 8.14. The fourth-order valence-corrected chi connectivity index (χ4v) is 4.08. The van der Waals surface area contributed by atoms with Crippen LogP contribution in [0.2, 0.25) is 0 Å². The average molecular weight is 447 g/mol. The van der Waals surface area contributed by atoms with Gasteiger partial charge in [0.2, 0.25) is 0 Å². The van der Waals surface area contributed by atoms with Gasteiger partial charge in [-0.2, -0.15) is 5.10 Å². The molecule has 0 spiro atoms. The number of hydrogen-bond acceptors (Lipinski definition) is 8. The molecule has 0 bridgehead atoms. The molecule has 0 aliphatic heterocycles. The Kier molecular flexibility index (Phi) is 4.82. The summed E-state index contributed by atoms with van der Waals surface area (Å²) >= 11 is 1.21. The van der Waals surface area contributed by atoms with Gasteiger partial charge in [-0.15, -0.1) is 11.3 Å². The van der Waals surface area contributed by atoms with E-state index >= 15 is 0 Å². The van der Waals surface area contributed by atoms with Crippen molar-refractivity contribution in [2.24, 2.45) is 7.05 Å². The molecule has 0 saturated heterocycles. The topological polar surface area (TPSA) is 143 Å². The first kappa shape index (κ1) is 19.8. The number of benzene rings is 1. The SMILES string of the molecule is CC(NC(=O)c1ncnc2c1cnn2C)c1ncc(C(=O)Nc2ccc3nc[nH]c3c2)s1. The van der Waals surface area contributed by atoms with Gasteiger partial charge in [0.25, 0.3) is 11.8 Å². The Morgan fingerprint density at radius 1 is 1.12 bits per heavy atom. The lowest BCUT2D eigenvalue weighted by molar-refractivity contribution is 0.0936. The number of H-pyrrole nitrogens is 1. The molecule has 5 rings (SSSR count). The van der Waals surface area contributed by atoms with E-state index in [-0.39, 0.29) is 17.5 Å². The van der Waals surface area contributed by atoms with Crippen LogP contribution < -0.4 is 10.6 Å². The van der Waals surface area contributed by atoms with Gasteiger partial charge >= 0.3 is 0 Å². The van der Waals surface area contributed by atoms with Crippen molar-refractivity contribution in [2.75, 3.05) is 5.32 Å². The van der Waals surface area contributed by atoms with E-state index in [1.54, 1.807) is 37.2 Å². The van der Waals surface area contributed by atoms with Crippen LogP contribution >= 0.6 is 11.3 Å². The van der Waals surface area contributed by atoms with Gasteiger partial charge in [-0.05, 0) is 25.1 Å². The van der Waals surface area contributed by atoms with Crippen molar-refractivity contribution in [3.8, 4) is 0 Å². The molecule has 1 aromatic carbocycles. The quantitative estimate of drug-likeness (QED) is 0.375. The molecule has 11 nitrogen and oxygen atoms in total. The molecule has 0 aliphatic carbocycles. The molecule has 0 fully saturated rings. The molecule has 32 heavy (non-hydrogen) atoms. The van der Waals surface area contributed by atoms with Crippen LogP contribution in [0.3, 0.4) is 0 Å². The minimum absolute atomic E-state index is 0.235. The number of anilines is 1. The maximum Gasteiger partial charge on any atom is 0.271 e. The minimum atomic E-state index is -0.419. The van der Waals surface area contributed by atoms with Gasteiger partial charge in [-0.25, -0.2) is 19.9 Å². The van der Waals surface area contributed by atoms with Gasteiger partial charge < -0.3 is 15.6 Å². The summed E-state index contributed by atoms with van der Waals surface area (Å²) in [6.45, 7) is 1.80. The third kappa shape index (κ3) is 3.56. The van der Waals surface area contributed by atoms with E-state index in [0.717, 1.165) is 11.0 Å². The fourth-order valence-electron chi connectivity index (χ4n) is 3.27. The van der Waals surface area contributed by atoms with E-state index in [4.69, 9.17) is 0 Å². The first-order chi connectivity index (χ1) is 15.5. The van der Waals surface area contributed by atoms with Gasteiger partial charge in [0, 0.05) is 12.7 Å². The highest BCUT2D eigenvalue weighted by Gasteiger charge is 2.20. The normalized spacial score (nSPS) is 12.2. The highest BCUT2D eigenvalue weighted by atomic mass is 32.1. The summed E-state index contributed by atoms with van der Waals surface area (Å²) < 4.78 is 1.58. The summed E-state index contributed by atoms with van der Waals surface area (Å²) in [5.74, 6) is -0.647. The standard InChI is InChI=1S/C20H17N9O2S/c1-10(27-19(31)16-12-6-26-29(2)17(12)25-9-24-16)20-21-7-15(32-20)18(30)28-11-3-4-13-14(5-11)23-8-22-13/h3-10H,1-2H3,(H,22,23)(H,27,31)(H,28,30). The Morgan fingerprint density at radius 2 is 2.00 bits per heavy atom. The van der Waals surface area contributed by atoms with Crippen molar-refractivity contribution >= 4 is 50.9 Å². The van der Waals surface area contributed by atoms with Crippen LogP contribution in [-0.2, 0) is 7.05 Å². The molecule has 0 aliphatic rings. The molecule has 1 unspecified atom stereocenters. The predicted molar refractivity (Wildman–Crippen MR) is 118 cm³/mol. The Morgan fingerprint density at radius 3 is 2.88 bits per heavy atom. The first-order valence-corrected chi connectivity index (χ1v) is 10.4. The number of nitrogens with one attached hydrogen (secondary N) is 3. The number of fused-ring (bicyclic) bond motifs is 2. The van der Waals surface area contributed by atoms with Gasteiger partial charge in [0.15, 0.2) is 5.65 Å². The molecule has 4 aromatic heterocycles. The van der Waals surface area contributed by atoms with Crippen molar-refractivity contribution < 1.29 is 9.59 Å². The molecule has 160 valence electrons. The van der Waals surface area contributed by atoms with Crippen LogP contribution in [0.5, 0.6) is 0 Å². The molecule has 12 heteroatoms. The van der Waals surface area contributed by atoms with Crippen LogP contribution in [0, 0.1) is 0 Å². The van der Waals surface area contributed by atoms with Crippen LogP contribution in [0.15, 0.2) is 43.2 Å². The van der Waals surface area contributed by atoms with Crippen molar-refractivity contribution in [1.29, 1.82) is 0 Å². The number of imidazole rings is 1. The maximum absolute atomic E-state index is 12.8.